The van der Waals surface area contributed by atoms with E-state index < -0.39 is 0 Å². The third-order valence-corrected chi connectivity index (χ3v) is 5.90. The van der Waals surface area contributed by atoms with E-state index in [2.05, 4.69) is 9.97 Å². The predicted octanol–water partition coefficient (Wildman–Crippen LogP) is 2.10. The van der Waals surface area contributed by atoms with Gasteiger partial charge in [0.05, 0.1) is 13.4 Å². The second kappa shape index (κ2) is 7.69. The molecule has 0 aliphatic carbocycles. The average Bonchev–Trinajstić information content (AvgIpc) is 3.40. The van der Waals surface area contributed by atoms with Gasteiger partial charge in [-0.3, -0.25) is 9.59 Å². The van der Waals surface area contributed by atoms with Crippen LogP contribution in [0.15, 0.2) is 29.1 Å². The van der Waals surface area contributed by atoms with Crippen molar-refractivity contribution in [3.8, 4) is 5.95 Å². The largest absolute Gasteiger partial charge is 0.468 e. The van der Waals surface area contributed by atoms with Gasteiger partial charge in [0, 0.05) is 62.4 Å². The molecule has 0 radical (unpaired) electrons. The Balaban J connectivity index is 1.42. The van der Waals surface area contributed by atoms with Gasteiger partial charge in [0.1, 0.15) is 0 Å². The molecule has 2 fully saturated rings. The lowest BCUT2D eigenvalue weighted by molar-refractivity contribution is -0.138. The van der Waals surface area contributed by atoms with E-state index in [9.17, 15) is 9.59 Å². The number of nitrogens with zero attached hydrogens (tertiary/aromatic N) is 3. The lowest BCUT2D eigenvalue weighted by Crippen LogP contribution is -2.55. The molecule has 2 saturated heterocycles. The molecule has 1 spiro atoms. The number of carbonyl (C=O) groups is 2. The van der Waals surface area contributed by atoms with E-state index >= 15 is 0 Å². The van der Waals surface area contributed by atoms with Gasteiger partial charge in [0.15, 0.2) is 5.76 Å². The first-order chi connectivity index (χ1) is 13.6. The zero-order chi connectivity index (χ0) is 19.6. The van der Waals surface area contributed by atoms with E-state index in [1.807, 2.05) is 9.80 Å². The highest BCUT2D eigenvalue weighted by Gasteiger charge is 2.43. The maximum atomic E-state index is 12.9. The van der Waals surface area contributed by atoms with Crippen molar-refractivity contribution in [2.24, 2.45) is 5.41 Å². The Morgan fingerprint density at radius 2 is 2.25 bits per heavy atom. The van der Waals surface area contributed by atoms with Crippen molar-refractivity contribution in [1.82, 2.24) is 19.8 Å². The fourth-order valence-electron chi connectivity index (χ4n) is 4.40. The molecule has 2 aliphatic rings. The Hall–Kier alpha value is -2.77. The molecular weight excluding hydrogens is 360 g/mol. The van der Waals surface area contributed by atoms with Crippen molar-refractivity contribution in [3.05, 3.63) is 36.1 Å². The summed E-state index contributed by atoms with van der Waals surface area (Å²) in [5, 5.41) is 0. The number of H-pyrrole nitrogens is 1. The quantitative estimate of drug-likeness (QED) is 0.850. The molecule has 2 amide bonds. The predicted molar refractivity (Wildman–Crippen MR) is 101 cm³/mol. The summed E-state index contributed by atoms with van der Waals surface area (Å²) in [6.45, 7) is 2.74. The highest BCUT2D eigenvalue weighted by Crippen LogP contribution is 2.39. The summed E-state index contributed by atoms with van der Waals surface area (Å²) in [5.41, 5.74) is 0.992. The number of rotatable bonds is 5. The van der Waals surface area contributed by atoms with Gasteiger partial charge in [0.25, 0.3) is 11.9 Å². The number of piperidine rings is 2. The van der Waals surface area contributed by atoms with E-state index in [4.69, 9.17) is 9.15 Å². The minimum Gasteiger partial charge on any atom is -0.468 e. The van der Waals surface area contributed by atoms with Gasteiger partial charge >= 0.3 is 0 Å². The molecule has 28 heavy (non-hydrogen) atoms. The zero-order valence-corrected chi connectivity index (χ0v) is 16.1. The Bertz CT molecular complexity index is 831. The molecule has 8 heteroatoms. The third kappa shape index (κ3) is 3.76. The van der Waals surface area contributed by atoms with Crippen LogP contribution in [-0.2, 0) is 11.2 Å². The normalized spacial score (nSPS) is 22.7. The minimum atomic E-state index is -0.108. The average molecular weight is 386 g/mol. The number of carbonyl (C=O) groups excluding carboxylic acids is 2. The van der Waals surface area contributed by atoms with Crippen molar-refractivity contribution in [2.45, 2.75) is 32.1 Å². The lowest BCUT2D eigenvalue weighted by atomic mass is 9.73. The van der Waals surface area contributed by atoms with Gasteiger partial charge in [-0.15, -0.1) is 0 Å². The van der Waals surface area contributed by atoms with Gasteiger partial charge < -0.3 is 23.9 Å². The highest BCUT2D eigenvalue weighted by atomic mass is 16.6. The Labute approximate surface area is 163 Å². The van der Waals surface area contributed by atoms with Crippen molar-refractivity contribution < 1.29 is 18.7 Å². The highest BCUT2D eigenvalue weighted by molar-refractivity contribution is 5.91. The first-order valence-electron chi connectivity index (χ1n) is 9.77. The smallest absolute Gasteiger partial charge is 0.289 e. The Kier molecular flexibility index (Phi) is 5.11. The van der Waals surface area contributed by atoms with Gasteiger partial charge in [-0.25, -0.2) is 4.98 Å². The molecule has 150 valence electrons. The summed E-state index contributed by atoms with van der Waals surface area (Å²) in [5.74, 6) is 0.729. The first-order valence-corrected chi connectivity index (χ1v) is 9.77. The van der Waals surface area contributed by atoms with Gasteiger partial charge in [-0.2, -0.15) is 0 Å². The first kappa shape index (κ1) is 18.6. The summed E-state index contributed by atoms with van der Waals surface area (Å²) in [4.78, 5) is 36.2. The van der Waals surface area contributed by atoms with Crippen LogP contribution in [0, 0.1) is 5.41 Å². The van der Waals surface area contributed by atoms with E-state index in [0.717, 1.165) is 31.4 Å². The molecule has 2 aromatic rings. The van der Waals surface area contributed by atoms with Crippen LogP contribution < -0.4 is 4.74 Å². The van der Waals surface area contributed by atoms with Crippen molar-refractivity contribution in [1.29, 1.82) is 0 Å². The number of likely N-dealkylation sites (tertiary alicyclic amines) is 2. The SMILES string of the molecule is COc1ccc(C(=O)N2CCC[C@@]3(CCC(=O)N(CCc4cnc[nH]4)C3)C2)o1. The molecular formula is C20H26N4O4. The number of imidazole rings is 1. The summed E-state index contributed by atoms with van der Waals surface area (Å²) in [6, 6.07) is 3.31. The monoisotopic (exact) mass is 386 g/mol. The number of nitrogens with one attached hydrogen (secondary N) is 1. The second-order valence-corrected chi connectivity index (χ2v) is 7.80. The molecule has 0 aromatic carbocycles. The third-order valence-electron chi connectivity index (χ3n) is 5.90. The molecule has 2 aromatic heterocycles. The van der Waals surface area contributed by atoms with Crippen LogP contribution in [0.3, 0.4) is 0 Å². The van der Waals surface area contributed by atoms with E-state index in [0.29, 0.717) is 44.3 Å². The van der Waals surface area contributed by atoms with E-state index in [1.54, 1.807) is 24.7 Å². The molecule has 0 unspecified atom stereocenters. The van der Waals surface area contributed by atoms with E-state index in [-0.39, 0.29) is 17.2 Å². The number of aromatic nitrogens is 2. The summed E-state index contributed by atoms with van der Waals surface area (Å²) < 4.78 is 10.5. The molecule has 1 atom stereocenters. The number of methoxy groups -OCH3 is 1. The standard InChI is InChI=1S/C20H26N4O4/c1-27-18-4-3-16(28-18)19(26)24-9-2-7-20(13-24)8-5-17(25)23(12-20)10-6-15-11-21-14-22-15/h3-4,11,14H,2,5-10,12-13H2,1H3,(H,21,22)/t20-/m0/s1. The summed E-state index contributed by atoms with van der Waals surface area (Å²) in [6.07, 6.45) is 7.55. The van der Waals surface area contributed by atoms with Crippen LogP contribution in [0.25, 0.3) is 0 Å². The van der Waals surface area contributed by atoms with Crippen molar-refractivity contribution >= 4 is 11.8 Å². The number of furan rings is 1. The van der Waals surface area contributed by atoms with Crippen molar-refractivity contribution in [3.63, 3.8) is 0 Å². The molecule has 0 saturated carbocycles. The van der Waals surface area contributed by atoms with Crippen LogP contribution in [0.1, 0.15) is 41.9 Å². The Morgan fingerprint density at radius 1 is 1.36 bits per heavy atom. The van der Waals surface area contributed by atoms with E-state index in [1.165, 1.54) is 7.11 Å². The maximum Gasteiger partial charge on any atom is 0.289 e. The molecule has 4 heterocycles. The zero-order valence-electron chi connectivity index (χ0n) is 16.1. The van der Waals surface area contributed by atoms with Gasteiger partial charge in [-0.1, -0.05) is 0 Å². The van der Waals surface area contributed by atoms with Crippen molar-refractivity contribution in [2.75, 3.05) is 33.3 Å². The number of ether oxygens (including phenoxy) is 1. The van der Waals surface area contributed by atoms with Gasteiger partial charge in [-0.05, 0) is 25.3 Å². The number of amides is 2. The van der Waals surface area contributed by atoms with Crippen LogP contribution in [0.5, 0.6) is 5.95 Å². The van der Waals surface area contributed by atoms with Crippen LogP contribution in [0.4, 0.5) is 0 Å². The number of hydrogen-bond acceptors (Lipinski definition) is 5. The van der Waals surface area contributed by atoms with Crippen LogP contribution in [-0.4, -0.2) is 64.9 Å². The fourth-order valence-corrected chi connectivity index (χ4v) is 4.40. The van der Waals surface area contributed by atoms with Crippen LogP contribution >= 0.6 is 0 Å². The lowest BCUT2D eigenvalue weighted by Gasteiger charge is -2.48. The molecule has 8 nitrogen and oxygen atoms in total. The minimum absolute atomic E-state index is 0.0352. The fraction of sp³-hybridized carbons (Fsp3) is 0.550. The molecule has 4 rings (SSSR count). The second-order valence-electron chi connectivity index (χ2n) is 7.80. The number of hydrogen-bond donors (Lipinski definition) is 1. The van der Waals surface area contributed by atoms with Gasteiger partial charge in [0.2, 0.25) is 5.91 Å². The Morgan fingerprint density at radius 3 is 3.00 bits per heavy atom. The summed E-state index contributed by atoms with van der Waals surface area (Å²) in [7, 11) is 1.51. The summed E-state index contributed by atoms with van der Waals surface area (Å²) >= 11 is 0. The molecule has 1 N–H and O–H groups in total. The number of aromatic amines is 1. The maximum absolute atomic E-state index is 12.9. The molecule has 0 bridgehead atoms. The molecule has 2 aliphatic heterocycles. The van der Waals surface area contributed by atoms with Crippen LogP contribution in [0.2, 0.25) is 0 Å². The topological polar surface area (TPSA) is 91.7 Å².